The highest BCUT2D eigenvalue weighted by Gasteiger charge is 2.43. The van der Waals surface area contributed by atoms with E-state index in [-0.39, 0.29) is 34.4 Å². The maximum Gasteiger partial charge on any atom is 0.370 e. The van der Waals surface area contributed by atoms with Gasteiger partial charge in [-0.3, -0.25) is 4.57 Å². The highest BCUT2D eigenvalue weighted by Crippen LogP contribution is 2.58. The minimum absolute atomic E-state index is 0.0837. The maximum atomic E-state index is 13.0. The van der Waals surface area contributed by atoms with Crippen LogP contribution in [0.1, 0.15) is 31.1 Å². The predicted octanol–water partition coefficient (Wildman–Crippen LogP) is 5.07. The molecule has 174 valence electrons. The summed E-state index contributed by atoms with van der Waals surface area (Å²) < 4.78 is 39.7. The molecule has 1 unspecified atom stereocenters. The third kappa shape index (κ3) is 5.74. The Hall–Kier alpha value is -1.84. The summed E-state index contributed by atoms with van der Waals surface area (Å²) >= 11 is 7.39. The third-order valence-corrected chi connectivity index (χ3v) is 7.67. The van der Waals surface area contributed by atoms with E-state index in [0.717, 1.165) is 11.8 Å². The molecule has 0 aliphatic carbocycles. The lowest BCUT2D eigenvalue weighted by atomic mass is 9.97. The molecule has 1 aliphatic heterocycles. The lowest BCUT2D eigenvalue weighted by Crippen LogP contribution is -2.32. The molecule has 0 spiro atoms. The molecule has 9 nitrogen and oxygen atoms in total. The molecule has 1 aromatic heterocycles. The average molecular weight is 503 g/mol. The number of methoxy groups -OCH3 is 2. The van der Waals surface area contributed by atoms with E-state index in [4.69, 9.17) is 34.9 Å². The van der Waals surface area contributed by atoms with Crippen molar-refractivity contribution in [2.45, 2.75) is 36.7 Å². The first kappa shape index (κ1) is 24.8. The Morgan fingerprint density at radius 3 is 2.34 bits per heavy atom. The van der Waals surface area contributed by atoms with Gasteiger partial charge in [0.25, 0.3) is 0 Å². The van der Waals surface area contributed by atoms with Crippen LogP contribution in [0.15, 0.2) is 34.3 Å². The zero-order valence-corrected chi connectivity index (χ0v) is 20.8. The van der Waals surface area contributed by atoms with Crippen LogP contribution in [0.5, 0.6) is 11.8 Å². The Labute approximate surface area is 195 Å². The smallest absolute Gasteiger partial charge is 0.370 e. The van der Waals surface area contributed by atoms with Gasteiger partial charge >= 0.3 is 13.6 Å². The summed E-state index contributed by atoms with van der Waals surface area (Å²) in [4.78, 5) is 22.0. The van der Waals surface area contributed by atoms with E-state index in [1.54, 1.807) is 18.2 Å². The van der Waals surface area contributed by atoms with Crippen LogP contribution in [0.4, 0.5) is 0 Å². The van der Waals surface area contributed by atoms with Gasteiger partial charge in [0.05, 0.1) is 44.1 Å². The summed E-state index contributed by atoms with van der Waals surface area (Å²) in [5.41, 5.74) is -0.192. The standard InChI is InChI=1S/C20H24ClN2O7PS/c1-12(31(25)28-10-20(2,3)11-29-31)30-18(24)17-13(21)7-6-8-14(17)32-19-22-15(26-4)9-16(23-19)27-5/h6-9,12H,10-11H2,1-5H3. The number of hydrogen-bond donors (Lipinski definition) is 0. The van der Waals surface area contributed by atoms with E-state index in [1.165, 1.54) is 27.2 Å². The molecule has 1 fully saturated rings. The van der Waals surface area contributed by atoms with Gasteiger partial charge < -0.3 is 23.3 Å². The summed E-state index contributed by atoms with van der Waals surface area (Å²) in [6, 6.07) is 6.44. The number of hydrogen-bond acceptors (Lipinski definition) is 10. The van der Waals surface area contributed by atoms with Crippen molar-refractivity contribution < 1.29 is 32.6 Å². The minimum atomic E-state index is -3.63. The molecule has 0 radical (unpaired) electrons. The molecule has 1 saturated heterocycles. The van der Waals surface area contributed by atoms with Crippen molar-refractivity contribution in [3.8, 4) is 11.8 Å². The Balaban J connectivity index is 1.83. The second-order valence-electron chi connectivity index (χ2n) is 7.71. The zero-order chi connectivity index (χ0) is 23.5. The summed E-state index contributed by atoms with van der Waals surface area (Å²) in [6.45, 7) is 5.78. The topological polar surface area (TPSA) is 106 Å². The van der Waals surface area contributed by atoms with Gasteiger partial charge in [-0.2, -0.15) is 9.97 Å². The molecule has 2 heterocycles. The molecule has 2 aromatic rings. The SMILES string of the molecule is COc1cc(OC)nc(Sc2cccc(Cl)c2C(=O)OC(C)P2(=O)OCC(C)(C)CO2)n1. The Morgan fingerprint density at radius 1 is 1.19 bits per heavy atom. The molecule has 1 aromatic carbocycles. The molecular weight excluding hydrogens is 479 g/mol. The van der Waals surface area contributed by atoms with Crippen LogP contribution in [0.25, 0.3) is 0 Å². The second kappa shape index (κ2) is 9.97. The molecule has 0 amide bonds. The lowest BCUT2D eigenvalue weighted by Gasteiger charge is -2.35. The number of esters is 1. The summed E-state index contributed by atoms with van der Waals surface area (Å²) in [6.07, 6.45) is 0. The van der Waals surface area contributed by atoms with E-state index in [0.29, 0.717) is 16.7 Å². The van der Waals surface area contributed by atoms with Gasteiger partial charge in [0.15, 0.2) is 11.0 Å². The van der Waals surface area contributed by atoms with Crippen LogP contribution >= 0.6 is 31.0 Å². The fraction of sp³-hybridized carbons (Fsp3) is 0.450. The van der Waals surface area contributed by atoms with Crippen molar-refractivity contribution in [1.82, 2.24) is 9.97 Å². The zero-order valence-electron chi connectivity index (χ0n) is 18.3. The van der Waals surface area contributed by atoms with Crippen LogP contribution in [-0.4, -0.2) is 49.2 Å². The second-order valence-corrected chi connectivity index (χ2v) is 11.4. The van der Waals surface area contributed by atoms with E-state index in [2.05, 4.69) is 9.97 Å². The monoisotopic (exact) mass is 502 g/mol. The van der Waals surface area contributed by atoms with Gasteiger partial charge in [0.2, 0.25) is 11.8 Å². The van der Waals surface area contributed by atoms with E-state index < -0.39 is 19.4 Å². The first-order chi connectivity index (χ1) is 15.1. The van der Waals surface area contributed by atoms with Crippen molar-refractivity contribution in [2.24, 2.45) is 5.41 Å². The molecule has 1 atom stereocenters. The quantitative estimate of drug-likeness (QED) is 0.289. The molecule has 0 N–H and O–H groups in total. The van der Waals surface area contributed by atoms with Crippen molar-refractivity contribution in [3.05, 3.63) is 34.9 Å². The van der Waals surface area contributed by atoms with E-state index in [9.17, 15) is 9.36 Å². The first-order valence-corrected chi connectivity index (χ1v) is 12.4. The Kier molecular flexibility index (Phi) is 7.73. The number of halogens is 1. The van der Waals surface area contributed by atoms with Crippen LogP contribution in [0.3, 0.4) is 0 Å². The van der Waals surface area contributed by atoms with Gasteiger partial charge in [0.1, 0.15) is 0 Å². The first-order valence-electron chi connectivity index (χ1n) is 9.60. The van der Waals surface area contributed by atoms with Gasteiger partial charge in [0, 0.05) is 10.3 Å². The number of benzene rings is 1. The Morgan fingerprint density at radius 2 is 1.78 bits per heavy atom. The molecule has 12 heteroatoms. The van der Waals surface area contributed by atoms with Gasteiger partial charge in [-0.1, -0.05) is 31.5 Å². The number of nitrogens with zero attached hydrogens (tertiary/aromatic N) is 2. The predicted molar refractivity (Wildman–Crippen MR) is 119 cm³/mol. The molecule has 3 rings (SSSR count). The number of rotatable bonds is 7. The van der Waals surface area contributed by atoms with E-state index >= 15 is 0 Å². The van der Waals surface area contributed by atoms with Crippen LogP contribution in [0.2, 0.25) is 5.02 Å². The van der Waals surface area contributed by atoms with Crippen LogP contribution in [-0.2, 0) is 18.3 Å². The minimum Gasteiger partial charge on any atom is -0.481 e. The number of carbonyl (C=O) groups is 1. The molecule has 0 bridgehead atoms. The van der Waals surface area contributed by atoms with Gasteiger partial charge in [-0.15, -0.1) is 0 Å². The summed E-state index contributed by atoms with van der Waals surface area (Å²) in [5.74, 6) is -1.29. The highest BCUT2D eigenvalue weighted by atomic mass is 35.5. The number of aromatic nitrogens is 2. The van der Waals surface area contributed by atoms with Crippen molar-refractivity contribution in [1.29, 1.82) is 0 Å². The molecule has 32 heavy (non-hydrogen) atoms. The summed E-state index contributed by atoms with van der Waals surface area (Å²) in [5, 5.41) is 0.437. The Bertz CT molecular complexity index is 1020. The lowest BCUT2D eigenvalue weighted by molar-refractivity contribution is 0.0107. The van der Waals surface area contributed by atoms with Crippen LogP contribution < -0.4 is 9.47 Å². The largest absolute Gasteiger partial charge is 0.481 e. The van der Waals surface area contributed by atoms with Crippen molar-refractivity contribution in [2.75, 3.05) is 27.4 Å². The van der Waals surface area contributed by atoms with Crippen molar-refractivity contribution in [3.63, 3.8) is 0 Å². The van der Waals surface area contributed by atoms with Crippen molar-refractivity contribution >= 4 is 36.9 Å². The number of ether oxygens (including phenoxy) is 3. The fourth-order valence-electron chi connectivity index (χ4n) is 2.62. The molecule has 1 aliphatic rings. The average Bonchev–Trinajstić information content (AvgIpc) is 2.75. The van der Waals surface area contributed by atoms with Gasteiger partial charge in [-0.05, 0) is 30.8 Å². The van der Waals surface area contributed by atoms with E-state index in [1.807, 2.05) is 13.8 Å². The molecular formula is C20H24ClN2O7PS. The third-order valence-electron chi connectivity index (χ3n) is 4.45. The molecule has 0 saturated carbocycles. The highest BCUT2D eigenvalue weighted by molar-refractivity contribution is 7.99. The number of carbonyl (C=O) groups excluding carboxylic acids is 1. The maximum absolute atomic E-state index is 13.0. The fourth-order valence-corrected chi connectivity index (χ4v) is 5.62. The van der Waals surface area contributed by atoms with Gasteiger partial charge in [-0.25, -0.2) is 4.79 Å². The summed E-state index contributed by atoms with van der Waals surface area (Å²) in [7, 11) is -0.687. The van der Waals surface area contributed by atoms with Crippen LogP contribution in [0, 0.1) is 5.41 Å². The normalized spacial score (nSPS) is 17.9.